The van der Waals surface area contributed by atoms with Gasteiger partial charge in [0.15, 0.2) is 0 Å². The van der Waals surface area contributed by atoms with Crippen LogP contribution in [0.4, 0.5) is 0 Å². The SMILES string of the molecule is C=C/N=N\SC=C. The smallest absolute Gasteiger partial charge is 0.0430 e. The fourth-order valence-corrected chi connectivity index (χ4v) is 0.282. The van der Waals surface area contributed by atoms with Gasteiger partial charge in [-0.05, 0) is 5.41 Å². The van der Waals surface area contributed by atoms with Crippen LogP contribution in [0.2, 0.25) is 0 Å². The Kier molecular flexibility index (Phi) is 4.99. The van der Waals surface area contributed by atoms with E-state index in [9.17, 15) is 0 Å². The van der Waals surface area contributed by atoms with Gasteiger partial charge in [-0.1, -0.05) is 13.2 Å². The molecule has 0 atom stereocenters. The lowest BCUT2D eigenvalue weighted by atomic mass is 11.1. The van der Waals surface area contributed by atoms with Crippen LogP contribution >= 0.6 is 11.9 Å². The molecule has 0 aromatic carbocycles. The first kappa shape index (κ1) is 6.43. The van der Waals surface area contributed by atoms with E-state index in [1.165, 1.54) is 18.1 Å². The molecule has 0 aromatic rings. The maximum atomic E-state index is 3.51. The summed E-state index contributed by atoms with van der Waals surface area (Å²) in [6, 6.07) is 0. The van der Waals surface area contributed by atoms with E-state index in [0.29, 0.717) is 0 Å². The van der Waals surface area contributed by atoms with E-state index < -0.39 is 0 Å². The molecular weight excluding hydrogens is 108 g/mol. The van der Waals surface area contributed by atoms with Gasteiger partial charge in [0.25, 0.3) is 0 Å². The van der Waals surface area contributed by atoms with Crippen molar-refractivity contribution in [2.24, 2.45) is 9.63 Å². The highest BCUT2D eigenvalue weighted by Gasteiger charge is 1.61. The summed E-state index contributed by atoms with van der Waals surface area (Å²) in [6.45, 7) is 6.73. The molecule has 38 valence electrons. The van der Waals surface area contributed by atoms with E-state index in [-0.39, 0.29) is 0 Å². The van der Waals surface area contributed by atoms with E-state index in [1.54, 1.807) is 5.41 Å². The van der Waals surface area contributed by atoms with Gasteiger partial charge in [0.1, 0.15) is 0 Å². The molecule has 0 rings (SSSR count). The highest BCUT2D eigenvalue weighted by atomic mass is 32.2. The maximum Gasteiger partial charge on any atom is 0.0430 e. The standard InChI is InChI=1S/C4H6N2S/c1-3-5-6-7-4-2/h3-4H,1-2H2/b6-5-. The zero-order chi connectivity index (χ0) is 5.54. The van der Waals surface area contributed by atoms with Crippen molar-refractivity contribution < 1.29 is 0 Å². The van der Waals surface area contributed by atoms with Crippen LogP contribution in [0.25, 0.3) is 0 Å². The minimum Gasteiger partial charge on any atom is -0.152 e. The average Bonchev–Trinajstić information content (AvgIpc) is 1.69. The van der Waals surface area contributed by atoms with E-state index >= 15 is 0 Å². The molecule has 0 unspecified atom stereocenters. The summed E-state index contributed by atoms with van der Waals surface area (Å²) in [6.07, 6.45) is 1.37. The van der Waals surface area contributed by atoms with Crippen molar-refractivity contribution in [2.75, 3.05) is 0 Å². The molecule has 0 aliphatic carbocycles. The van der Waals surface area contributed by atoms with Gasteiger partial charge in [0, 0.05) is 18.1 Å². The van der Waals surface area contributed by atoms with Crippen LogP contribution in [-0.4, -0.2) is 0 Å². The Labute approximate surface area is 47.2 Å². The summed E-state index contributed by atoms with van der Waals surface area (Å²) in [4.78, 5) is 0. The third-order valence-electron chi connectivity index (χ3n) is 0.250. The molecule has 0 bridgehead atoms. The first-order chi connectivity index (χ1) is 3.41. The Balaban J connectivity index is 3.08. The number of nitrogens with zero attached hydrogens (tertiary/aromatic N) is 2. The van der Waals surface area contributed by atoms with Crippen LogP contribution in [0.5, 0.6) is 0 Å². The Morgan fingerprint density at radius 2 is 2.14 bits per heavy atom. The molecule has 7 heavy (non-hydrogen) atoms. The zero-order valence-corrected chi connectivity index (χ0v) is 4.69. The molecule has 3 heteroatoms. The Morgan fingerprint density at radius 3 is 2.57 bits per heavy atom. The summed E-state index contributed by atoms with van der Waals surface area (Å²) in [5.41, 5.74) is 0. The van der Waals surface area contributed by atoms with Crippen LogP contribution in [0.3, 0.4) is 0 Å². The van der Waals surface area contributed by atoms with E-state index in [2.05, 4.69) is 22.8 Å². The number of hydrogen-bond donors (Lipinski definition) is 0. The van der Waals surface area contributed by atoms with Gasteiger partial charge in [0.05, 0.1) is 0 Å². The molecule has 0 radical (unpaired) electrons. The third-order valence-corrected chi connectivity index (χ3v) is 0.588. The van der Waals surface area contributed by atoms with Crippen molar-refractivity contribution in [2.45, 2.75) is 0 Å². The molecule has 0 aliphatic heterocycles. The Morgan fingerprint density at radius 1 is 1.43 bits per heavy atom. The molecule has 0 saturated carbocycles. The van der Waals surface area contributed by atoms with Gasteiger partial charge in [-0.2, -0.15) is 5.11 Å². The van der Waals surface area contributed by atoms with E-state index in [4.69, 9.17) is 0 Å². The molecule has 0 N–H and O–H groups in total. The highest BCUT2D eigenvalue weighted by Crippen LogP contribution is 2.00. The lowest BCUT2D eigenvalue weighted by molar-refractivity contribution is 1.35. The van der Waals surface area contributed by atoms with Crippen LogP contribution in [-0.2, 0) is 0 Å². The lowest BCUT2D eigenvalue weighted by Gasteiger charge is -1.70. The van der Waals surface area contributed by atoms with Crippen molar-refractivity contribution in [3.05, 3.63) is 24.8 Å². The summed E-state index contributed by atoms with van der Waals surface area (Å²) >= 11 is 1.18. The first-order valence-electron chi connectivity index (χ1n) is 1.69. The summed E-state index contributed by atoms with van der Waals surface area (Å²) in [5, 5.41) is 5.03. The highest BCUT2D eigenvalue weighted by molar-refractivity contribution is 8.00. The van der Waals surface area contributed by atoms with E-state index in [0.717, 1.165) is 0 Å². The van der Waals surface area contributed by atoms with E-state index in [1.807, 2.05) is 0 Å². The predicted octanol–water partition coefficient (Wildman–Crippen LogP) is 2.37. The lowest BCUT2D eigenvalue weighted by Crippen LogP contribution is -1.37. The predicted molar refractivity (Wildman–Crippen MR) is 32.8 cm³/mol. The molecule has 0 heterocycles. The average molecular weight is 114 g/mol. The second kappa shape index (κ2) is 5.43. The van der Waals surface area contributed by atoms with Crippen LogP contribution in [0.1, 0.15) is 0 Å². The maximum absolute atomic E-state index is 3.51. The minimum absolute atomic E-state index is 1.18. The monoisotopic (exact) mass is 114 g/mol. The van der Waals surface area contributed by atoms with Crippen LogP contribution in [0, 0.1) is 0 Å². The van der Waals surface area contributed by atoms with Crippen molar-refractivity contribution in [3.63, 3.8) is 0 Å². The van der Waals surface area contributed by atoms with Crippen LogP contribution in [0.15, 0.2) is 34.4 Å². The van der Waals surface area contributed by atoms with Crippen molar-refractivity contribution >= 4 is 11.9 Å². The summed E-state index contributed by atoms with van der Waals surface area (Å²) in [5.74, 6) is 0. The summed E-state index contributed by atoms with van der Waals surface area (Å²) in [7, 11) is 0. The normalized spacial score (nSPS) is 9.14. The molecule has 0 saturated heterocycles. The van der Waals surface area contributed by atoms with Crippen LogP contribution < -0.4 is 0 Å². The van der Waals surface area contributed by atoms with Gasteiger partial charge in [0.2, 0.25) is 0 Å². The minimum atomic E-state index is 1.18. The largest absolute Gasteiger partial charge is 0.152 e. The fourth-order valence-electron chi connectivity index (χ4n) is 0.0939. The van der Waals surface area contributed by atoms with Crippen molar-refractivity contribution in [3.8, 4) is 0 Å². The van der Waals surface area contributed by atoms with Crippen molar-refractivity contribution in [1.82, 2.24) is 0 Å². The molecule has 0 aromatic heterocycles. The van der Waals surface area contributed by atoms with Gasteiger partial charge in [-0.3, -0.25) is 0 Å². The van der Waals surface area contributed by atoms with Gasteiger partial charge >= 0.3 is 0 Å². The molecule has 2 nitrogen and oxygen atoms in total. The second-order valence-corrected chi connectivity index (χ2v) is 1.36. The molecule has 0 amide bonds. The second-order valence-electron chi connectivity index (χ2n) is 0.652. The molecular formula is C4H6N2S. The first-order valence-corrected chi connectivity index (χ1v) is 2.53. The summed E-state index contributed by atoms with van der Waals surface area (Å²) < 4.78 is 3.51. The zero-order valence-electron chi connectivity index (χ0n) is 3.87. The number of hydrogen-bond acceptors (Lipinski definition) is 3. The molecule has 0 fully saturated rings. The molecule has 0 aliphatic rings. The quantitative estimate of drug-likeness (QED) is 0.408. The fraction of sp³-hybridized carbons (Fsp3) is 0. The number of rotatable bonds is 3. The Hall–Kier alpha value is -0.570. The topological polar surface area (TPSA) is 24.7 Å². The van der Waals surface area contributed by atoms with Crippen molar-refractivity contribution in [1.29, 1.82) is 0 Å². The molecule has 0 spiro atoms. The third kappa shape index (κ3) is 5.43. The van der Waals surface area contributed by atoms with Gasteiger partial charge in [-0.15, -0.1) is 4.52 Å². The van der Waals surface area contributed by atoms with Gasteiger partial charge in [-0.25, -0.2) is 0 Å². The Bertz CT molecular complexity index is 87.7. The van der Waals surface area contributed by atoms with Gasteiger partial charge < -0.3 is 0 Å².